The van der Waals surface area contributed by atoms with Crippen molar-refractivity contribution in [1.82, 2.24) is 10.2 Å². The highest BCUT2D eigenvalue weighted by molar-refractivity contribution is 6.30. The zero-order chi connectivity index (χ0) is 14.1. The smallest absolute Gasteiger partial charge is 0.315 e. The van der Waals surface area contributed by atoms with Crippen molar-refractivity contribution in [3.63, 3.8) is 0 Å². The molecule has 2 atom stereocenters. The summed E-state index contributed by atoms with van der Waals surface area (Å²) in [7, 11) is 1.33. The molecule has 0 spiro atoms. The van der Waals surface area contributed by atoms with Crippen LogP contribution in [-0.2, 0) is 16.0 Å². The molecule has 1 heterocycles. The normalized spacial score (nSPS) is 20.7. The lowest BCUT2D eigenvalue weighted by Gasteiger charge is -1.98. The summed E-state index contributed by atoms with van der Waals surface area (Å²) in [5.74, 6) is 1.12. The highest BCUT2D eigenvalue weighted by Gasteiger charge is 2.43. The maximum absolute atomic E-state index is 11.1. The Hall–Kier alpha value is -1.88. The Bertz CT molecular complexity index is 624. The predicted octanol–water partition coefficient (Wildman–Crippen LogP) is 2.71. The number of nitrogens with zero attached hydrogens (tertiary/aromatic N) is 2. The van der Waals surface area contributed by atoms with Crippen molar-refractivity contribution < 1.29 is 13.9 Å². The van der Waals surface area contributed by atoms with Gasteiger partial charge in [-0.3, -0.25) is 4.79 Å². The topological polar surface area (TPSA) is 65.2 Å². The van der Waals surface area contributed by atoms with Crippen LogP contribution in [0.25, 0.3) is 0 Å². The van der Waals surface area contributed by atoms with Crippen LogP contribution >= 0.6 is 11.6 Å². The van der Waals surface area contributed by atoms with Gasteiger partial charge in [0.1, 0.15) is 6.42 Å². The van der Waals surface area contributed by atoms with Crippen molar-refractivity contribution in [2.75, 3.05) is 7.11 Å². The molecule has 1 fully saturated rings. The Balaban J connectivity index is 1.67. The molecule has 104 valence electrons. The Labute approximate surface area is 120 Å². The molecular weight excluding hydrogens is 280 g/mol. The zero-order valence-electron chi connectivity index (χ0n) is 10.9. The molecule has 2 aromatic rings. The number of hydrogen-bond acceptors (Lipinski definition) is 5. The molecule has 1 aliphatic carbocycles. The number of halogens is 1. The molecule has 1 saturated carbocycles. The van der Waals surface area contributed by atoms with Gasteiger partial charge in [-0.05, 0) is 30.0 Å². The Morgan fingerprint density at radius 3 is 2.80 bits per heavy atom. The summed E-state index contributed by atoms with van der Waals surface area (Å²) >= 11 is 5.87. The Morgan fingerprint density at radius 2 is 2.10 bits per heavy atom. The van der Waals surface area contributed by atoms with Gasteiger partial charge in [0.2, 0.25) is 11.8 Å². The van der Waals surface area contributed by atoms with Crippen molar-refractivity contribution in [1.29, 1.82) is 0 Å². The van der Waals surface area contributed by atoms with Gasteiger partial charge in [-0.25, -0.2) is 0 Å². The molecule has 3 rings (SSSR count). The van der Waals surface area contributed by atoms with Crippen LogP contribution in [0.3, 0.4) is 0 Å². The third kappa shape index (κ3) is 2.67. The fraction of sp³-hybridized carbons (Fsp3) is 0.357. The second-order valence-electron chi connectivity index (χ2n) is 4.79. The monoisotopic (exact) mass is 292 g/mol. The van der Waals surface area contributed by atoms with Crippen LogP contribution in [-0.4, -0.2) is 23.3 Å². The van der Waals surface area contributed by atoms with Gasteiger partial charge in [-0.2, -0.15) is 0 Å². The minimum atomic E-state index is -0.384. The summed E-state index contributed by atoms with van der Waals surface area (Å²) in [6.45, 7) is 0. The van der Waals surface area contributed by atoms with Crippen LogP contribution in [0.1, 0.15) is 35.6 Å². The summed E-state index contributed by atoms with van der Waals surface area (Å²) in [5.41, 5.74) is 1.21. The summed E-state index contributed by atoms with van der Waals surface area (Å²) in [5, 5.41) is 8.60. The molecule has 0 amide bonds. The third-order valence-electron chi connectivity index (χ3n) is 3.41. The SMILES string of the molecule is COC(=O)Cc1nnc(C2CC2c2ccc(Cl)cc2)o1. The molecule has 1 aromatic heterocycles. The highest BCUT2D eigenvalue weighted by Crippen LogP contribution is 2.54. The van der Waals surface area contributed by atoms with E-state index in [1.165, 1.54) is 12.7 Å². The standard InChI is InChI=1S/C14H13ClN2O3/c1-19-13(18)7-12-16-17-14(20-12)11-6-10(11)8-2-4-9(15)5-3-8/h2-5,10-11H,6-7H2,1H3. The molecule has 0 radical (unpaired) electrons. The van der Waals surface area contributed by atoms with E-state index in [2.05, 4.69) is 14.9 Å². The number of carbonyl (C=O) groups is 1. The second-order valence-corrected chi connectivity index (χ2v) is 5.22. The number of hydrogen-bond donors (Lipinski definition) is 0. The molecule has 0 saturated heterocycles. The third-order valence-corrected chi connectivity index (χ3v) is 3.66. The predicted molar refractivity (Wildman–Crippen MR) is 71.6 cm³/mol. The fourth-order valence-electron chi connectivity index (χ4n) is 2.23. The van der Waals surface area contributed by atoms with Gasteiger partial charge in [-0.1, -0.05) is 23.7 Å². The van der Waals surface area contributed by atoms with E-state index in [1.807, 2.05) is 24.3 Å². The van der Waals surface area contributed by atoms with E-state index in [0.717, 1.165) is 11.4 Å². The molecule has 20 heavy (non-hydrogen) atoms. The number of methoxy groups -OCH3 is 1. The number of ether oxygens (including phenoxy) is 1. The highest BCUT2D eigenvalue weighted by atomic mass is 35.5. The molecule has 6 heteroatoms. The lowest BCUT2D eigenvalue weighted by Crippen LogP contribution is -2.04. The number of esters is 1. The van der Waals surface area contributed by atoms with Gasteiger partial charge < -0.3 is 9.15 Å². The Morgan fingerprint density at radius 1 is 1.35 bits per heavy atom. The van der Waals surface area contributed by atoms with E-state index >= 15 is 0 Å². The van der Waals surface area contributed by atoms with E-state index in [0.29, 0.717) is 17.7 Å². The van der Waals surface area contributed by atoms with Crippen LogP contribution in [0.2, 0.25) is 5.02 Å². The largest absolute Gasteiger partial charge is 0.469 e. The summed E-state index contributed by atoms with van der Waals surface area (Å²) in [4.78, 5) is 11.1. The van der Waals surface area contributed by atoms with Crippen molar-refractivity contribution in [2.45, 2.75) is 24.7 Å². The average Bonchev–Trinajstić information content (AvgIpc) is 3.12. The van der Waals surface area contributed by atoms with Crippen molar-refractivity contribution >= 4 is 17.6 Å². The van der Waals surface area contributed by atoms with Gasteiger partial charge in [0.05, 0.1) is 7.11 Å². The fourth-order valence-corrected chi connectivity index (χ4v) is 2.36. The minimum absolute atomic E-state index is 0.0157. The molecule has 0 bridgehead atoms. The molecule has 5 nitrogen and oxygen atoms in total. The molecular formula is C14H13ClN2O3. The van der Waals surface area contributed by atoms with Gasteiger partial charge >= 0.3 is 5.97 Å². The van der Waals surface area contributed by atoms with Gasteiger partial charge in [0.15, 0.2) is 0 Å². The van der Waals surface area contributed by atoms with Crippen LogP contribution in [0.15, 0.2) is 28.7 Å². The maximum atomic E-state index is 11.1. The second kappa shape index (κ2) is 5.25. The molecule has 2 unspecified atom stereocenters. The van der Waals surface area contributed by atoms with Crippen molar-refractivity contribution in [3.05, 3.63) is 46.6 Å². The van der Waals surface area contributed by atoms with E-state index in [4.69, 9.17) is 16.0 Å². The van der Waals surface area contributed by atoms with E-state index in [1.54, 1.807) is 0 Å². The van der Waals surface area contributed by atoms with E-state index in [-0.39, 0.29) is 18.3 Å². The summed E-state index contributed by atoms with van der Waals surface area (Å²) in [6.07, 6.45) is 0.989. The van der Waals surface area contributed by atoms with E-state index < -0.39 is 0 Å². The van der Waals surface area contributed by atoms with Crippen LogP contribution in [0.4, 0.5) is 0 Å². The van der Waals surface area contributed by atoms with Crippen molar-refractivity contribution in [2.24, 2.45) is 0 Å². The average molecular weight is 293 g/mol. The Kier molecular flexibility index (Phi) is 3.44. The molecule has 0 N–H and O–H groups in total. The number of rotatable bonds is 4. The first kappa shape index (κ1) is 13.1. The maximum Gasteiger partial charge on any atom is 0.315 e. The zero-order valence-corrected chi connectivity index (χ0v) is 11.6. The summed E-state index contributed by atoms with van der Waals surface area (Å²) in [6, 6.07) is 7.78. The van der Waals surface area contributed by atoms with Crippen molar-refractivity contribution in [3.8, 4) is 0 Å². The van der Waals surface area contributed by atoms with Crippen LogP contribution in [0, 0.1) is 0 Å². The first-order chi connectivity index (χ1) is 9.67. The lowest BCUT2D eigenvalue weighted by molar-refractivity contribution is -0.140. The molecule has 1 aliphatic rings. The summed E-state index contributed by atoms with van der Waals surface area (Å²) < 4.78 is 10.1. The number of aromatic nitrogens is 2. The number of carbonyl (C=O) groups excluding carboxylic acids is 1. The first-order valence-electron chi connectivity index (χ1n) is 6.32. The van der Waals surface area contributed by atoms with Gasteiger partial charge in [-0.15, -0.1) is 10.2 Å². The number of benzene rings is 1. The van der Waals surface area contributed by atoms with Gasteiger partial charge in [0.25, 0.3) is 0 Å². The molecule has 1 aromatic carbocycles. The quantitative estimate of drug-likeness (QED) is 0.811. The van der Waals surface area contributed by atoms with E-state index in [9.17, 15) is 4.79 Å². The lowest BCUT2D eigenvalue weighted by atomic mass is 10.1. The molecule has 0 aliphatic heterocycles. The van der Waals surface area contributed by atoms with Crippen LogP contribution < -0.4 is 0 Å². The minimum Gasteiger partial charge on any atom is -0.469 e. The van der Waals surface area contributed by atoms with Crippen LogP contribution in [0.5, 0.6) is 0 Å². The van der Waals surface area contributed by atoms with Gasteiger partial charge in [0, 0.05) is 10.9 Å². The first-order valence-corrected chi connectivity index (χ1v) is 6.69.